The number of likely N-dealkylation sites (tertiary alicyclic amines) is 1. The van der Waals surface area contributed by atoms with Gasteiger partial charge in [-0.2, -0.15) is 5.10 Å². The van der Waals surface area contributed by atoms with E-state index in [2.05, 4.69) is 20.2 Å². The Balaban J connectivity index is 1.42. The zero-order valence-corrected chi connectivity index (χ0v) is 19.3. The van der Waals surface area contributed by atoms with E-state index in [0.717, 1.165) is 33.3 Å². The van der Waals surface area contributed by atoms with E-state index in [4.69, 9.17) is 5.73 Å². The molecule has 9 nitrogen and oxygen atoms in total. The first-order valence-electron chi connectivity index (χ1n) is 11.6. The lowest BCUT2D eigenvalue weighted by atomic mass is 9.96. The zero-order chi connectivity index (χ0) is 24.7. The summed E-state index contributed by atoms with van der Waals surface area (Å²) in [6.07, 6.45) is 3.37. The number of nitrogens with zero attached hydrogens (tertiary/aromatic N) is 3. The molecule has 0 bridgehead atoms. The summed E-state index contributed by atoms with van der Waals surface area (Å²) in [6, 6.07) is 7.81. The number of amides is 2. The molecule has 35 heavy (non-hydrogen) atoms. The molecule has 0 aliphatic carbocycles. The van der Waals surface area contributed by atoms with Crippen LogP contribution in [0.2, 0.25) is 0 Å². The van der Waals surface area contributed by atoms with Crippen molar-refractivity contribution in [2.45, 2.75) is 44.8 Å². The molecule has 5 rings (SSSR count). The maximum absolute atomic E-state index is 14.1. The normalized spacial score (nSPS) is 18.3. The number of H-pyrrole nitrogens is 2. The van der Waals surface area contributed by atoms with Gasteiger partial charge in [0, 0.05) is 36.3 Å². The number of aryl methyl sites for hydroxylation is 1. The number of carbonyl (C=O) groups excluding carboxylic acids is 1. The molecule has 182 valence electrons. The predicted molar refractivity (Wildman–Crippen MR) is 129 cm³/mol. The Kier molecular flexibility index (Phi) is 5.89. The van der Waals surface area contributed by atoms with Crippen LogP contribution in [0, 0.1) is 5.82 Å². The number of hydrogen-bond acceptors (Lipinski definition) is 5. The Morgan fingerprint density at radius 1 is 1.31 bits per heavy atom. The molecule has 2 aromatic heterocycles. The van der Waals surface area contributed by atoms with Crippen LogP contribution >= 0.6 is 0 Å². The first kappa shape index (κ1) is 22.9. The average molecular weight is 479 g/mol. The topological polar surface area (TPSA) is 144 Å². The third-order valence-corrected chi connectivity index (χ3v) is 6.71. The molecular weight excluding hydrogens is 451 g/mol. The highest BCUT2D eigenvalue weighted by Crippen LogP contribution is 2.33. The number of urea groups is 1. The van der Waals surface area contributed by atoms with Crippen molar-refractivity contribution in [3.63, 3.8) is 0 Å². The second-order valence-corrected chi connectivity index (χ2v) is 8.97. The van der Waals surface area contributed by atoms with Gasteiger partial charge in [0.05, 0.1) is 11.6 Å². The maximum atomic E-state index is 14.1. The molecule has 6 N–H and O–H groups in total. The molecule has 10 heteroatoms. The number of imidazole rings is 1. The first-order chi connectivity index (χ1) is 16.8. The zero-order valence-electron chi connectivity index (χ0n) is 19.3. The Morgan fingerprint density at radius 3 is 2.91 bits per heavy atom. The van der Waals surface area contributed by atoms with Crippen molar-refractivity contribution in [1.82, 2.24) is 25.1 Å². The lowest BCUT2D eigenvalue weighted by Crippen LogP contribution is -2.50. The van der Waals surface area contributed by atoms with Crippen LogP contribution in [-0.4, -0.2) is 60.0 Å². The van der Waals surface area contributed by atoms with Crippen LogP contribution in [0.1, 0.15) is 31.0 Å². The quantitative estimate of drug-likeness (QED) is 0.298. The van der Waals surface area contributed by atoms with Crippen LogP contribution in [0.5, 0.6) is 5.75 Å². The number of phenolic OH excluding ortho intramolecular Hbond substituents is 1. The van der Waals surface area contributed by atoms with Crippen molar-refractivity contribution in [2.75, 3.05) is 6.54 Å². The van der Waals surface area contributed by atoms with Crippen molar-refractivity contribution in [1.29, 1.82) is 0 Å². The van der Waals surface area contributed by atoms with Crippen LogP contribution in [0.15, 0.2) is 36.5 Å². The summed E-state index contributed by atoms with van der Waals surface area (Å²) in [6.45, 7) is 2.38. The van der Waals surface area contributed by atoms with E-state index in [1.54, 1.807) is 11.1 Å². The second kappa shape index (κ2) is 9.03. The lowest BCUT2D eigenvalue weighted by Gasteiger charge is -2.36. The second-order valence-electron chi connectivity index (χ2n) is 8.97. The summed E-state index contributed by atoms with van der Waals surface area (Å²) in [5.74, 6) is -0.442. The summed E-state index contributed by atoms with van der Waals surface area (Å²) in [5, 5.41) is 28.1. The van der Waals surface area contributed by atoms with Crippen LogP contribution in [-0.2, 0) is 12.8 Å². The number of nitrogens with one attached hydrogen (secondary N) is 2. The molecule has 2 unspecified atom stereocenters. The summed E-state index contributed by atoms with van der Waals surface area (Å²) in [5.41, 5.74) is 10.1. The molecule has 1 fully saturated rings. The third-order valence-electron chi connectivity index (χ3n) is 6.71. The smallest absolute Gasteiger partial charge is 0.315 e. The Labute approximate surface area is 200 Å². The number of aliphatic hydroxyl groups excluding tert-OH is 1. The number of primary amides is 1. The first-order valence-corrected chi connectivity index (χ1v) is 11.6. The molecule has 1 aliphatic heterocycles. The van der Waals surface area contributed by atoms with Gasteiger partial charge in [-0.25, -0.2) is 14.2 Å². The van der Waals surface area contributed by atoms with Crippen LogP contribution in [0.25, 0.3) is 33.5 Å². The van der Waals surface area contributed by atoms with Gasteiger partial charge in [0.1, 0.15) is 5.69 Å². The summed E-state index contributed by atoms with van der Waals surface area (Å²) in [7, 11) is 0. The fourth-order valence-corrected chi connectivity index (χ4v) is 4.88. The van der Waals surface area contributed by atoms with Gasteiger partial charge in [0.15, 0.2) is 17.4 Å². The van der Waals surface area contributed by atoms with E-state index in [0.29, 0.717) is 43.7 Å². The number of hydrogen-bond donors (Lipinski definition) is 5. The highest BCUT2D eigenvalue weighted by atomic mass is 19.1. The molecule has 0 spiro atoms. The van der Waals surface area contributed by atoms with Gasteiger partial charge in [-0.15, -0.1) is 0 Å². The molecule has 1 aliphatic rings. The number of aliphatic hydroxyl groups is 1. The van der Waals surface area contributed by atoms with E-state index in [1.807, 2.05) is 25.1 Å². The van der Waals surface area contributed by atoms with Gasteiger partial charge in [-0.05, 0) is 60.2 Å². The minimum absolute atomic E-state index is 0.207. The Morgan fingerprint density at radius 2 is 2.14 bits per heavy atom. The van der Waals surface area contributed by atoms with Gasteiger partial charge in [-0.3, -0.25) is 5.10 Å². The summed E-state index contributed by atoms with van der Waals surface area (Å²) < 4.78 is 14.1. The molecule has 0 radical (unpaired) electrons. The summed E-state index contributed by atoms with van der Waals surface area (Å²) in [4.78, 5) is 21.1. The predicted octanol–water partition coefficient (Wildman–Crippen LogP) is 3.47. The van der Waals surface area contributed by atoms with E-state index in [9.17, 15) is 19.4 Å². The van der Waals surface area contributed by atoms with Gasteiger partial charge in [0.2, 0.25) is 0 Å². The molecule has 2 aromatic carbocycles. The number of halogens is 1. The Hall–Kier alpha value is -3.92. The number of piperidine rings is 1. The van der Waals surface area contributed by atoms with Gasteiger partial charge in [-0.1, -0.05) is 13.0 Å². The number of nitrogens with two attached hydrogens (primary N) is 1. The molecule has 1 saturated heterocycles. The van der Waals surface area contributed by atoms with Crippen molar-refractivity contribution in [3.8, 4) is 28.4 Å². The minimum Gasteiger partial charge on any atom is -0.505 e. The number of fused-ring (bicyclic) bond motifs is 1. The number of aromatic amines is 2. The maximum Gasteiger partial charge on any atom is 0.315 e. The fourth-order valence-electron chi connectivity index (χ4n) is 4.88. The van der Waals surface area contributed by atoms with Crippen molar-refractivity contribution in [3.05, 3.63) is 53.6 Å². The molecule has 3 heterocycles. The van der Waals surface area contributed by atoms with E-state index < -0.39 is 18.0 Å². The average Bonchev–Trinajstić information content (AvgIpc) is 3.46. The number of rotatable bonds is 5. The van der Waals surface area contributed by atoms with Crippen LogP contribution < -0.4 is 5.73 Å². The fraction of sp³-hybridized carbons (Fsp3) is 0.320. The molecule has 2 amide bonds. The standard InChI is InChI=1S/C25H27FN6O3/c1-2-13-8-22(34)20(26)11-19(13)14-3-4-18-21(7-14)30-31-23(18)24-28-12-15(29-24)9-16-10-17(33)5-6-32(16)25(27)35/h3-4,7-8,11-12,16-17,33-34H,2,5-6,9-10H2,1H3,(H2,27,35)(H,28,29)(H,30,31). The molecule has 2 atom stereocenters. The number of carbonyl (C=O) groups is 1. The number of aromatic nitrogens is 4. The van der Waals surface area contributed by atoms with E-state index in [1.165, 1.54) is 12.1 Å². The molecule has 0 saturated carbocycles. The lowest BCUT2D eigenvalue weighted by molar-refractivity contribution is 0.0613. The third kappa shape index (κ3) is 4.32. The van der Waals surface area contributed by atoms with Crippen LogP contribution in [0.4, 0.5) is 9.18 Å². The van der Waals surface area contributed by atoms with Crippen molar-refractivity contribution < 1.29 is 19.4 Å². The number of benzene rings is 2. The Bertz CT molecular complexity index is 1400. The molecular formula is C25H27FN6O3. The van der Waals surface area contributed by atoms with Gasteiger partial charge in [0.25, 0.3) is 0 Å². The van der Waals surface area contributed by atoms with Gasteiger partial charge >= 0.3 is 6.03 Å². The number of phenols is 1. The number of aromatic hydroxyl groups is 1. The van der Waals surface area contributed by atoms with Crippen LogP contribution in [0.3, 0.4) is 0 Å². The SMILES string of the molecule is CCc1cc(O)c(F)cc1-c1ccc2c(-c3ncc(CC4CC(O)CCN4C(N)=O)[nH]3)n[nH]c2c1. The summed E-state index contributed by atoms with van der Waals surface area (Å²) >= 11 is 0. The van der Waals surface area contributed by atoms with Crippen molar-refractivity contribution in [2.24, 2.45) is 5.73 Å². The molecule has 4 aromatic rings. The monoisotopic (exact) mass is 478 g/mol. The van der Waals surface area contributed by atoms with Gasteiger partial charge < -0.3 is 25.8 Å². The minimum atomic E-state index is -0.661. The highest BCUT2D eigenvalue weighted by Gasteiger charge is 2.30. The van der Waals surface area contributed by atoms with Crippen molar-refractivity contribution >= 4 is 16.9 Å². The van der Waals surface area contributed by atoms with E-state index in [-0.39, 0.29) is 11.8 Å². The largest absolute Gasteiger partial charge is 0.505 e. The van der Waals surface area contributed by atoms with E-state index >= 15 is 0 Å². The highest BCUT2D eigenvalue weighted by molar-refractivity contribution is 5.94.